The van der Waals surface area contributed by atoms with Crippen molar-refractivity contribution in [1.82, 2.24) is 0 Å². The van der Waals surface area contributed by atoms with Crippen LogP contribution >= 0.6 is 0 Å². The zero-order chi connectivity index (χ0) is 24.0. The van der Waals surface area contributed by atoms with Crippen LogP contribution < -0.4 is 9.04 Å². The van der Waals surface area contributed by atoms with E-state index < -0.39 is 16.0 Å². The number of rotatable bonds is 9. The van der Waals surface area contributed by atoms with Crippen LogP contribution in [0.5, 0.6) is 5.75 Å². The Kier molecular flexibility index (Phi) is 7.50. The smallest absolute Gasteiger partial charge is 0.338 e. The van der Waals surface area contributed by atoms with E-state index in [-0.39, 0.29) is 22.8 Å². The normalized spacial score (nSPS) is 11.0. The number of ketones is 1. The summed E-state index contributed by atoms with van der Waals surface area (Å²) >= 11 is 0. The van der Waals surface area contributed by atoms with Crippen LogP contribution in [0, 0.1) is 0 Å². The van der Waals surface area contributed by atoms with Crippen molar-refractivity contribution >= 4 is 27.5 Å². The number of carbonyl (C=O) groups excluding carboxylic acids is 2. The zero-order valence-corrected chi connectivity index (χ0v) is 19.5. The summed E-state index contributed by atoms with van der Waals surface area (Å²) in [6.45, 7) is 3.62. The number of hydrogen-bond donors (Lipinski definition) is 0. The molecule has 7 nitrogen and oxygen atoms in total. The first kappa shape index (κ1) is 24.0. The minimum absolute atomic E-state index is 0.0539. The first-order valence-electron chi connectivity index (χ1n) is 10.3. The van der Waals surface area contributed by atoms with E-state index in [0.29, 0.717) is 29.2 Å². The Bertz CT molecular complexity index is 1240. The number of benzene rings is 3. The van der Waals surface area contributed by atoms with Gasteiger partial charge in [0.25, 0.3) is 10.0 Å². The molecular formula is C25H25NO6S. The molecule has 8 heteroatoms. The van der Waals surface area contributed by atoms with Crippen molar-refractivity contribution in [2.45, 2.75) is 25.3 Å². The lowest BCUT2D eigenvalue weighted by atomic mass is 10.1. The highest BCUT2D eigenvalue weighted by molar-refractivity contribution is 7.92. The summed E-state index contributed by atoms with van der Waals surface area (Å²) in [4.78, 5) is 24.3. The highest BCUT2D eigenvalue weighted by atomic mass is 32.2. The maximum Gasteiger partial charge on any atom is 0.338 e. The predicted molar refractivity (Wildman–Crippen MR) is 125 cm³/mol. The maximum atomic E-state index is 12.9. The first-order valence-corrected chi connectivity index (χ1v) is 11.8. The number of nitrogens with zero attached hydrogens (tertiary/aromatic N) is 1. The van der Waals surface area contributed by atoms with E-state index in [1.165, 1.54) is 42.5 Å². The summed E-state index contributed by atoms with van der Waals surface area (Å²) in [6, 6.07) is 19.2. The maximum absolute atomic E-state index is 12.9. The van der Waals surface area contributed by atoms with Crippen molar-refractivity contribution in [2.75, 3.05) is 18.0 Å². The third-order valence-electron chi connectivity index (χ3n) is 4.99. The summed E-state index contributed by atoms with van der Waals surface area (Å²) in [5.41, 5.74) is 1.79. The number of sulfonamides is 1. The number of anilines is 1. The summed E-state index contributed by atoms with van der Waals surface area (Å²) < 4.78 is 37.9. The minimum atomic E-state index is -3.78. The molecule has 0 saturated carbocycles. The van der Waals surface area contributed by atoms with Gasteiger partial charge in [-0.25, -0.2) is 13.2 Å². The van der Waals surface area contributed by atoms with Crippen LogP contribution in [0.1, 0.15) is 40.1 Å². The molecule has 0 saturated heterocycles. The van der Waals surface area contributed by atoms with Crippen LogP contribution in [-0.4, -0.2) is 33.8 Å². The molecule has 0 unspecified atom stereocenters. The van der Waals surface area contributed by atoms with Crippen molar-refractivity contribution in [3.8, 4) is 5.75 Å². The molecule has 0 aliphatic carbocycles. The van der Waals surface area contributed by atoms with Gasteiger partial charge >= 0.3 is 5.97 Å². The Morgan fingerprint density at radius 1 is 0.909 bits per heavy atom. The van der Waals surface area contributed by atoms with E-state index in [1.54, 1.807) is 48.5 Å². The quantitative estimate of drug-likeness (QED) is 0.341. The summed E-state index contributed by atoms with van der Waals surface area (Å²) in [5.74, 6) is -0.199. The molecule has 0 amide bonds. The van der Waals surface area contributed by atoms with E-state index in [2.05, 4.69) is 0 Å². The van der Waals surface area contributed by atoms with Gasteiger partial charge in [-0.3, -0.25) is 9.10 Å². The standard InChI is InChI=1S/C25H25NO6S/c1-4-31-24-15-12-20(18(2)27)16-21(24)17-32-25(28)19-10-13-23(14-11-19)33(29,30)26(3)22-8-6-5-7-9-22/h5-16H,4,17H2,1-3H3. The number of ether oxygens (including phenoxy) is 2. The SMILES string of the molecule is CCOc1ccc(C(C)=O)cc1COC(=O)c1ccc(S(=O)(=O)N(C)c2ccccc2)cc1. The number of para-hydroxylation sites is 1. The Labute approximate surface area is 193 Å². The second-order valence-electron chi connectivity index (χ2n) is 7.22. The van der Waals surface area contributed by atoms with E-state index in [4.69, 9.17) is 9.47 Å². The van der Waals surface area contributed by atoms with E-state index in [1.807, 2.05) is 6.92 Å². The second kappa shape index (κ2) is 10.3. The molecule has 0 aromatic heterocycles. The molecule has 0 bridgehead atoms. The molecule has 0 radical (unpaired) electrons. The van der Waals surface area contributed by atoms with Crippen LogP contribution in [0.4, 0.5) is 5.69 Å². The number of Topliss-reactive ketones (excluding diaryl/α,β-unsaturated/α-hetero) is 1. The molecule has 0 atom stereocenters. The Morgan fingerprint density at radius 3 is 2.15 bits per heavy atom. The molecule has 172 valence electrons. The predicted octanol–water partition coefficient (Wildman–Crippen LogP) is 4.47. The molecule has 3 aromatic carbocycles. The molecule has 0 N–H and O–H groups in total. The highest BCUT2D eigenvalue weighted by Gasteiger charge is 2.22. The average Bonchev–Trinajstić information content (AvgIpc) is 2.83. The van der Waals surface area contributed by atoms with Crippen molar-refractivity contribution in [3.63, 3.8) is 0 Å². The summed E-state index contributed by atoms with van der Waals surface area (Å²) in [5, 5.41) is 0. The second-order valence-corrected chi connectivity index (χ2v) is 9.19. The van der Waals surface area contributed by atoms with Crippen LogP contribution in [-0.2, 0) is 21.4 Å². The fourth-order valence-electron chi connectivity index (χ4n) is 3.13. The Morgan fingerprint density at radius 2 is 1.55 bits per heavy atom. The van der Waals surface area contributed by atoms with Gasteiger partial charge in [0, 0.05) is 18.2 Å². The van der Waals surface area contributed by atoms with Gasteiger partial charge in [-0.15, -0.1) is 0 Å². The average molecular weight is 468 g/mol. The van der Waals surface area contributed by atoms with Crippen molar-refractivity contribution < 1.29 is 27.5 Å². The lowest BCUT2D eigenvalue weighted by Crippen LogP contribution is -2.26. The number of carbonyl (C=O) groups is 2. The Balaban J connectivity index is 1.74. The van der Waals surface area contributed by atoms with Gasteiger partial charge in [0.15, 0.2) is 5.78 Å². The highest BCUT2D eigenvalue weighted by Crippen LogP contribution is 2.24. The fourth-order valence-corrected chi connectivity index (χ4v) is 4.33. The van der Waals surface area contributed by atoms with Gasteiger partial charge in [0.2, 0.25) is 0 Å². The summed E-state index contributed by atoms with van der Waals surface area (Å²) in [6.07, 6.45) is 0. The molecule has 3 aromatic rings. The Hall–Kier alpha value is -3.65. The number of hydrogen-bond acceptors (Lipinski definition) is 6. The van der Waals surface area contributed by atoms with Gasteiger partial charge in [0.1, 0.15) is 12.4 Å². The first-order chi connectivity index (χ1) is 15.7. The van der Waals surface area contributed by atoms with Crippen LogP contribution in [0.25, 0.3) is 0 Å². The monoisotopic (exact) mass is 467 g/mol. The molecule has 0 aliphatic heterocycles. The van der Waals surface area contributed by atoms with Crippen molar-refractivity contribution in [2.24, 2.45) is 0 Å². The van der Waals surface area contributed by atoms with Crippen LogP contribution in [0.3, 0.4) is 0 Å². The van der Waals surface area contributed by atoms with Gasteiger partial charge in [-0.2, -0.15) is 0 Å². The minimum Gasteiger partial charge on any atom is -0.493 e. The third kappa shape index (κ3) is 5.59. The zero-order valence-electron chi connectivity index (χ0n) is 18.6. The van der Waals surface area contributed by atoms with E-state index in [0.717, 1.165) is 0 Å². The van der Waals surface area contributed by atoms with Gasteiger partial charge in [0.05, 0.1) is 22.8 Å². The molecule has 3 rings (SSSR count). The lowest BCUT2D eigenvalue weighted by molar-refractivity contribution is 0.0469. The number of esters is 1. The van der Waals surface area contributed by atoms with Crippen LogP contribution in [0.2, 0.25) is 0 Å². The van der Waals surface area contributed by atoms with Gasteiger partial charge < -0.3 is 9.47 Å². The summed E-state index contributed by atoms with van der Waals surface area (Å²) in [7, 11) is -2.31. The molecule has 33 heavy (non-hydrogen) atoms. The lowest BCUT2D eigenvalue weighted by Gasteiger charge is -2.19. The third-order valence-corrected chi connectivity index (χ3v) is 6.79. The van der Waals surface area contributed by atoms with Crippen LogP contribution in [0.15, 0.2) is 77.7 Å². The topological polar surface area (TPSA) is 90.0 Å². The molecule has 0 aliphatic rings. The molecule has 0 heterocycles. The molecule has 0 fully saturated rings. The molecular weight excluding hydrogens is 442 g/mol. The van der Waals surface area contributed by atoms with Crippen molar-refractivity contribution in [1.29, 1.82) is 0 Å². The van der Waals surface area contributed by atoms with E-state index in [9.17, 15) is 18.0 Å². The fraction of sp³-hybridized carbons (Fsp3) is 0.200. The van der Waals surface area contributed by atoms with Gasteiger partial charge in [-0.05, 0) is 68.4 Å². The van der Waals surface area contributed by atoms with Gasteiger partial charge in [-0.1, -0.05) is 18.2 Å². The molecule has 0 spiro atoms. The van der Waals surface area contributed by atoms with Crippen molar-refractivity contribution in [3.05, 3.63) is 89.5 Å². The largest absolute Gasteiger partial charge is 0.493 e. The van der Waals surface area contributed by atoms with E-state index >= 15 is 0 Å².